The molecule has 0 fully saturated rings. The molecule has 0 atom stereocenters. The zero-order chi connectivity index (χ0) is 13.8. The van der Waals surface area contributed by atoms with Crippen molar-refractivity contribution in [3.8, 4) is 5.75 Å². The van der Waals surface area contributed by atoms with Gasteiger partial charge in [0.2, 0.25) is 0 Å². The SMILES string of the molecule is CC(=O)c1ccc(C)cc1OCc1ccc(Br)cn1. The van der Waals surface area contributed by atoms with Crippen molar-refractivity contribution in [3.63, 3.8) is 0 Å². The van der Waals surface area contributed by atoms with Crippen molar-refractivity contribution in [2.24, 2.45) is 0 Å². The van der Waals surface area contributed by atoms with Gasteiger partial charge < -0.3 is 4.74 Å². The van der Waals surface area contributed by atoms with E-state index in [0.29, 0.717) is 17.9 Å². The smallest absolute Gasteiger partial charge is 0.163 e. The van der Waals surface area contributed by atoms with E-state index >= 15 is 0 Å². The van der Waals surface area contributed by atoms with Gasteiger partial charge >= 0.3 is 0 Å². The molecule has 1 aromatic heterocycles. The van der Waals surface area contributed by atoms with Crippen LogP contribution >= 0.6 is 15.9 Å². The highest BCUT2D eigenvalue weighted by Crippen LogP contribution is 2.22. The van der Waals surface area contributed by atoms with Crippen molar-refractivity contribution in [1.82, 2.24) is 4.98 Å². The molecule has 0 N–H and O–H groups in total. The summed E-state index contributed by atoms with van der Waals surface area (Å²) >= 11 is 3.33. The number of aryl methyl sites for hydroxylation is 1. The molecule has 1 aromatic carbocycles. The number of ether oxygens (including phenoxy) is 1. The fourth-order valence-corrected chi connectivity index (χ4v) is 1.92. The van der Waals surface area contributed by atoms with Crippen molar-refractivity contribution in [2.75, 3.05) is 0 Å². The van der Waals surface area contributed by atoms with Crippen LogP contribution in [-0.2, 0) is 6.61 Å². The molecule has 0 radical (unpaired) electrons. The average Bonchev–Trinajstić information content (AvgIpc) is 2.38. The van der Waals surface area contributed by atoms with E-state index in [1.165, 1.54) is 6.92 Å². The first-order valence-corrected chi connectivity index (χ1v) is 6.70. The van der Waals surface area contributed by atoms with Crippen LogP contribution in [0.15, 0.2) is 41.0 Å². The molecule has 98 valence electrons. The van der Waals surface area contributed by atoms with Crippen molar-refractivity contribution >= 4 is 21.7 Å². The van der Waals surface area contributed by atoms with E-state index < -0.39 is 0 Å². The van der Waals surface area contributed by atoms with Crippen molar-refractivity contribution in [3.05, 3.63) is 57.8 Å². The summed E-state index contributed by atoms with van der Waals surface area (Å²) in [6.07, 6.45) is 1.72. The van der Waals surface area contributed by atoms with Gasteiger partial charge in [0.1, 0.15) is 12.4 Å². The Hall–Kier alpha value is -1.68. The Labute approximate surface area is 120 Å². The van der Waals surface area contributed by atoms with E-state index in [4.69, 9.17) is 4.74 Å². The second kappa shape index (κ2) is 5.97. The van der Waals surface area contributed by atoms with E-state index in [9.17, 15) is 4.79 Å². The molecule has 0 aliphatic heterocycles. The van der Waals surface area contributed by atoms with Gasteiger partial charge in [0, 0.05) is 10.7 Å². The van der Waals surface area contributed by atoms with Crippen molar-refractivity contribution < 1.29 is 9.53 Å². The second-order valence-electron chi connectivity index (χ2n) is 4.31. The average molecular weight is 320 g/mol. The van der Waals surface area contributed by atoms with Gasteiger partial charge in [-0.25, -0.2) is 0 Å². The lowest BCUT2D eigenvalue weighted by Gasteiger charge is -2.10. The molecule has 0 unspecified atom stereocenters. The van der Waals surface area contributed by atoms with Gasteiger partial charge in [-0.3, -0.25) is 9.78 Å². The normalized spacial score (nSPS) is 10.3. The number of benzene rings is 1. The third-order valence-corrected chi connectivity index (χ3v) is 3.15. The molecule has 1 heterocycles. The van der Waals surface area contributed by atoms with Gasteiger partial charge in [-0.2, -0.15) is 0 Å². The highest BCUT2D eigenvalue weighted by atomic mass is 79.9. The van der Waals surface area contributed by atoms with Crippen LogP contribution < -0.4 is 4.74 Å². The van der Waals surface area contributed by atoms with E-state index in [2.05, 4.69) is 20.9 Å². The zero-order valence-corrected chi connectivity index (χ0v) is 12.4. The summed E-state index contributed by atoms with van der Waals surface area (Å²) in [5.74, 6) is 0.607. The van der Waals surface area contributed by atoms with Crippen LogP contribution in [0.5, 0.6) is 5.75 Å². The quantitative estimate of drug-likeness (QED) is 0.801. The van der Waals surface area contributed by atoms with E-state index in [0.717, 1.165) is 15.7 Å². The number of nitrogens with zero attached hydrogens (tertiary/aromatic N) is 1. The number of pyridine rings is 1. The molecule has 2 rings (SSSR count). The molecule has 0 amide bonds. The summed E-state index contributed by atoms with van der Waals surface area (Å²) in [6, 6.07) is 9.36. The first kappa shape index (κ1) is 13.7. The summed E-state index contributed by atoms with van der Waals surface area (Å²) in [5.41, 5.74) is 2.48. The molecular formula is C15H14BrNO2. The second-order valence-corrected chi connectivity index (χ2v) is 5.23. The molecule has 0 aliphatic carbocycles. The standard InChI is InChI=1S/C15H14BrNO2/c1-10-3-6-14(11(2)18)15(7-10)19-9-13-5-4-12(16)8-17-13/h3-8H,9H2,1-2H3. The highest BCUT2D eigenvalue weighted by Gasteiger charge is 2.09. The Bertz CT molecular complexity index is 594. The predicted molar refractivity (Wildman–Crippen MR) is 77.5 cm³/mol. The molecule has 0 bridgehead atoms. The molecule has 0 saturated heterocycles. The molecule has 3 nitrogen and oxygen atoms in total. The number of halogens is 1. The van der Waals surface area contributed by atoms with Crippen LogP contribution in [0.25, 0.3) is 0 Å². The third kappa shape index (κ3) is 3.64. The predicted octanol–water partition coefficient (Wildman–Crippen LogP) is 3.93. The molecular weight excluding hydrogens is 306 g/mol. The van der Waals surface area contributed by atoms with Crippen LogP contribution in [0.1, 0.15) is 28.5 Å². The Morgan fingerprint density at radius 2 is 2.11 bits per heavy atom. The number of aromatic nitrogens is 1. The number of carbonyl (C=O) groups excluding carboxylic acids is 1. The Balaban J connectivity index is 2.16. The Morgan fingerprint density at radius 3 is 2.74 bits per heavy atom. The largest absolute Gasteiger partial charge is 0.487 e. The van der Waals surface area contributed by atoms with Crippen LogP contribution in [-0.4, -0.2) is 10.8 Å². The van der Waals surface area contributed by atoms with E-state index in [1.807, 2.05) is 31.2 Å². The lowest BCUT2D eigenvalue weighted by Crippen LogP contribution is -2.03. The van der Waals surface area contributed by atoms with Crippen LogP contribution in [0, 0.1) is 6.92 Å². The molecule has 4 heteroatoms. The fourth-order valence-electron chi connectivity index (χ4n) is 1.68. The van der Waals surface area contributed by atoms with E-state index in [1.54, 1.807) is 12.3 Å². The molecule has 0 saturated carbocycles. The van der Waals surface area contributed by atoms with Crippen molar-refractivity contribution in [1.29, 1.82) is 0 Å². The summed E-state index contributed by atoms with van der Waals surface area (Å²) in [5, 5.41) is 0. The maximum atomic E-state index is 11.5. The van der Waals surface area contributed by atoms with Gasteiger partial charge in [0.05, 0.1) is 11.3 Å². The Morgan fingerprint density at radius 1 is 1.32 bits per heavy atom. The molecule has 19 heavy (non-hydrogen) atoms. The van der Waals surface area contributed by atoms with Crippen LogP contribution in [0.4, 0.5) is 0 Å². The fraction of sp³-hybridized carbons (Fsp3) is 0.200. The van der Waals surface area contributed by atoms with E-state index in [-0.39, 0.29) is 5.78 Å². The molecule has 0 spiro atoms. The number of hydrogen-bond donors (Lipinski definition) is 0. The molecule has 2 aromatic rings. The minimum atomic E-state index is -0.00114. The number of ketones is 1. The van der Waals surface area contributed by atoms with Crippen LogP contribution in [0.3, 0.4) is 0 Å². The summed E-state index contributed by atoms with van der Waals surface area (Å²) in [6.45, 7) is 3.85. The third-order valence-electron chi connectivity index (χ3n) is 2.68. The minimum Gasteiger partial charge on any atom is -0.487 e. The zero-order valence-electron chi connectivity index (χ0n) is 10.8. The van der Waals surface area contributed by atoms with Crippen LogP contribution in [0.2, 0.25) is 0 Å². The lowest BCUT2D eigenvalue weighted by molar-refractivity contribution is 0.101. The van der Waals surface area contributed by atoms with Gasteiger partial charge in [-0.05, 0) is 59.6 Å². The first-order chi connectivity index (χ1) is 9.06. The number of rotatable bonds is 4. The summed E-state index contributed by atoms with van der Waals surface area (Å²) in [7, 11) is 0. The van der Waals surface area contributed by atoms with Gasteiger partial charge in [0.25, 0.3) is 0 Å². The first-order valence-electron chi connectivity index (χ1n) is 5.91. The number of Topliss-reactive ketones (excluding diaryl/α,β-unsaturated/α-hetero) is 1. The summed E-state index contributed by atoms with van der Waals surface area (Å²) in [4.78, 5) is 15.8. The topological polar surface area (TPSA) is 39.2 Å². The Kier molecular flexibility index (Phi) is 4.32. The van der Waals surface area contributed by atoms with Gasteiger partial charge in [0.15, 0.2) is 5.78 Å². The minimum absolute atomic E-state index is 0.00114. The maximum absolute atomic E-state index is 11.5. The summed E-state index contributed by atoms with van der Waals surface area (Å²) < 4.78 is 6.63. The van der Waals surface area contributed by atoms with Gasteiger partial charge in [-0.15, -0.1) is 0 Å². The lowest BCUT2D eigenvalue weighted by atomic mass is 10.1. The van der Waals surface area contributed by atoms with Crippen molar-refractivity contribution in [2.45, 2.75) is 20.5 Å². The molecule has 0 aliphatic rings. The number of hydrogen-bond acceptors (Lipinski definition) is 3. The highest BCUT2D eigenvalue weighted by molar-refractivity contribution is 9.10. The number of carbonyl (C=O) groups is 1. The van der Waals surface area contributed by atoms with Gasteiger partial charge in [-0.1, -0.05) is 6.07 Å². The monoisotopic (exact) mass is 319 g/mol. The maximum Gasteiger partial charge on any atom is 0.163 e.